The second-order valence-electron chi connectivity index (χ2n) is 4.72. The minimum atomic E-state index is -0.113. The molecule has 0 aliphatic heterocycles. The lowest BCUT2D eigenvalue weighted by atomic mass is 10.1. The fraction of sp³-hybridized carbons (Fsp3) is 0.500. The summed E-state index contributed by atoms with van der Waals surface area (Å²) >= 11 is 0. The Hall–Kier alpha value is -1.75. The average Bonchev–Trinajstić information content (AvgIpc) is 2.38. The molecule has 0 fully saturated rings. The zero-order valence-electron chi connectivity index (χ0n) is 12.3. The van der Waals surface area contributed by atoms with Crippen LogP contribution >= 0.6 is 0 Å². The van der Waals surface area contributed by atoms with Crippen LogP contribution in [-0.4, -0.2) is 47.3 Å². The van der Waals surface area contributed by atoms with Crippen LogP contribution in [0.5, 0.6) is 11.5 Å². The fourth-order valence-electron chi connectivity index (χ4n) is 1.75. The second-order valence-corrected chi connectivity index (χ2v) is 4.72. The summed E-state index contributed by atoms with van der Waals surface area (Å²) in [6.07, 6.45) is 0. The molecule has 1 aromatic carbocycles. The molecule has 106 valence electrons. The first kappa shape index (κ1) is 15.3. The molecule has 0 spiro atoms. The molecule has 0 aliphatic carbocycles. The van der Waals surface area contributed by atoms with Gasteiger partial charge in [-0.2, -0.15) is 0 Å². The van der Waals surface area contributed by atoms with Crippen LogP contribution < -0.4 is 19.7 Å². The lowest BCUT2D eigenvalue weighted by molar-refractivity contribution is -0.856. The topological polar surface area (TPSA) is 52.0 Å². The fourth-order valence-corrected chi connectivity index (χ4v) is 1.75. The first-order valence-corrected chi connectivity index (χ1v) is 6.29. The Morgan fingerprint density at radius 2 is 1.74 bits per heavy atom. The molecule has 0 bridgehead atoms. The van der Waals surface area contributed by atoms with Crippen LogP contribution in [0.2, 0.25) is 0 Å². The van der Waals surface area contributed by atoms with Crippen LogP contribution in [0, 0.1) is 6.92 Å². The zero-order valence-corrected chi connectivity index (χ0v) is 12.3. The van der Waals surface area contributed by atoms with Crippen LogP contribution in [0.15, 0.2) is 12.1 Å². The lowest BCUT2D eigenvalue weighted by Crippen LogP contribution is -3.06. The van der Waals surface area contributed by atoms with Gasteiger partial charge in [0.15, 0.2) is 0 Å². The minimum absolute atomic E-state index is 0.113. The lowest BCUT2D eigenvalue weighted by Gasteiger charge is -2.13. The largest absolute Gasteiger partial charge is 0.496 e. The van der Waals surface area contributed by atoms with Gasteiger partial charge in [-0.3, -0.25) is 4.79 Å². The van der Waals surface area contributed by atoms with Crippen molar-refractivity contribution in [3.8, 4) is 11.5 Å². The smallest absolute Gasteiger partial charge is 0.251 e. The third-order valence-electron chi connectivity index (χ3n) is 2.92. The molecule has 0 aromatic heterocycles. The quantitative estimate of drug-likeness (QED) is 0.756. The summed E-state index contributed by atoms with van der Waals surface area (Å²) in [6.45, 7) is 3.42. The van der Waals surface area contributed by atoms with E-state index in [1.54, 1.807) is 26.4 Å². The Bertz CT molecular complexity index is 419. The van der Waals surface area contributed by atoms with E-state index in [0.717, 1.165) is 12.1 Å². The van der Waals surface area contributed by atoms with Crippen LogP contribution in [-0.2, 0) is 0 Å². The summed E-state index contributed by atoms with van der Waals surface area (Å²) in [5.74, 6) is 1.20. The molecule has 0 aliphatic rings. The number of carbonyl (C=O) groups excluding carboxylic acids is 1. The summed E-state index contributed by atoms with van der Waals surface area (Å²) in [4.78, 5) is 13.3. The number of carbonyl (C=O) groups is 1. The van der Waals surface area contributed by atoms with Gasteiger partial charge in [0.05, 0.1) is 41.4 Å². The van der Waals surface area contributed by atoms with Crippen molar-refractivity contribution in [1.29, 1.82) is 0 Å². The van der Waals surface area contributed by atoms with Gasteiger partial charge in [-0.25, -0.2) is 0 Å². The zero-order chi connectivity index (χ0) is 14.4. The van der Waals surface area contributed by atoms with Gasteiger partial charge in [0.1, 0.15) is 11.5 Å². The number of methoxy groups -OCH3 is 2. The monoisotopic (exact) mass is 267 g/mol. The first-order valence-electron chi connectivity index (χ1n) is 6.29. The molecule has 19 heavy (non-hydrogen) atoms. The van der Waals surface area contributed by atoms with Crippen molar-refractivity contribution < 1.29 is 19.2 Å². The van der Waals surface area contributed by atoms with Gasteiger partial charge in [0, 0.05) is 11.1 Å². The van der Waals surface area contributed by atoms with Gasteiger partial charge in [-0.1, -0.05) is 0 Å². The van der Waals surface area contributed by atoms with Gasteiger partial charge in [0.25, 0.3) is 5.91 Å². The van der Waals surface area contributed by atoms with Crippen molar-refractivity contribution in [2.45, 2.75) is 6.92 Å². The number of amides is 1. The number of likely N-dealkylation sites (N-methyl/N-ethyl adjacent to an activating group) is 1. The molecular weight excluding hydrogens is 244 g/mol. The highest BCUT2D eigenvalue weighted by molar-refractivity contribution is 5.95. The van der Waals surface area contributed by atoms with Gasteiger partial charge in [-0.15, -0.1) is 0 Å². The second kappa shape index (κ2) is 6.99. The SMILES string of the molecule is COc1cc(C(=O)NCC[NH+](C)C)cc(OC)c1C. The molecule has 0 atom stereocenters. The summed E-state index contributed by atoms with van der Waals surface area (Å²) in [5.41, 5.74) is 1.44. The van der Waals surface area contributed by atoms with Gasteiger partial charge in [-0.05, 0) is 19.1 Å². The Labute approximate surface area is 114 Å². The molecule has 1 aromatic rings. The van der Waals surface area contributed by atoms with Crippen molar-refractivity contribution in [3.05, 3.63) is 23.3 Å². The van der Waals surface area contributed by atoms with Crippen LogP contribution in [0.25, 0.3) is 0 Å². The van der Waals surface area contributed by atoms with Crippen LogP contribution in [0.1, 0.15) is 15.9 Å². The van der Waals surface area contributed by atoms with Crippen molar-refractivity contribution >= 4 is 5.91 Å². The number of ether oxygens (including phenoxy) is 2. The van der Waals surface area contributed by atoms with E-state index in [4.69, 9.17) is 9.47 Å². The van der Waals surface area contributed by atoms with E-state index in [1.807, 2.05) is 21.0 Å². The first-order chi connectivity index (χ1) is 8.99. The maximum Gasteiger partial charge on any atom is 0.251 e. The van der Waals surface area contributed by atoms with E-state index in [-0.39, 0.29) is 5.91 Å². The predicted octanol–water partition coefficient (Wildman–Crippen LogP) is -0.113. The molecule has 5 nitrogen and oxygen atoms in total. The van der Waals surface area contributed by atoms with E-state index in [9.17, 15) is 4.79 Å². The summed E-state index contributed by atoms with van der Waals surface area (Å²) in [7, 11) is 7.26. The molecule has 0 unspecified atom stereocenters. The third kappa shape index (κ3) is 4.13. The molecule has 1 rings (SSSR count). The summed E-state index contributed by atoms with van der Waals surface area (Å²) in [5, 5.41) is 2.88. The molecule has 0 saturated heterocycles. The molecule has 0 heterocycles. The van der Waals surface area contributed by atoms with Crippen molar-refractivity contribution in [2.24, 2.45) is 0 Å². The Morgan fingerprint density at radius 3 is 2.16 bits per heavy atom. The van der Waals surface area contributed by atoms with Crippen LogP contribution in [0.3, 0.4) is 0 Å². The van der Waals surface area contributed by atoms with Gasteiger partial charge >= 0.3 is 0 Å². The average molecular weight is 267 g/mol. The summed E-state index contributed by atoms with van der Waals surface area (Å²) < 4.78 is 10.5. The molecule has 5 heteroatoms. The number of benzene rings is 1. The van der Waals surface area contributed by atoms with Crippen molar-refractivity contribution in [1.82, 2.24) is 5.32 Å². The number of quaternary nitrogens is 1. The van der Waals surface area contributed by atoms with E-state index in [2.05, 4.69) is 5.32 Å². The van der Waals surface area contributed by atoms with Gasteiger partial charge < -0.3 is 19.7 Å². The highest BCUT2D eigenvalue weighted by atomic mass is 16.5. The van der Waals surface area contributed by atoms with E-state index in [0.29, 0.717) is 23.6 Å². The Morgan fingerprint density at radius 1 is 1.21 bits per heavy atom. The maximum atomic E-state index is 12.0. The Balaban J connectivity index is 2.85. The van der Waals surface area contributed by atoms with E-state index >= 15 is 0 Å². The number of nitrogens with one attached hydrogen (secondary N) is 2. The Kier molecular flexibility index (Phi) is 5.63. The highest BCUT2D eigenvalue weighted by Gasteiger charge is 2.13. The molecule has 0 radical (unpaired) electrons. The number of hydrogen-bond donors (Lipinski definition) is 2. The molecule has 0 saturated carbocycles. The predicted molar refractivity (Wildman–Crippen MR) is 74.3 cm³/mol. The van der Waals surface area contributed by atoms with Gasteiger partial charge in [0.2, 0.25) is 0 Å². The number of rotatable bonds is 6. The standard InChI is InChI=1S/C14H22N2O3/c1-10-12(18-4)8-11(9-13(10)19-5)14(17)15-6-7-16(2)3/h8-9H,6-7H2,1-5H3,(H,15,17)/p+1. The molecule has 1 amide bonds. The molecule has 2 N–H and O–H groups in total. The van der Waals surface area contributed by atoms with E-state index < -0.39 is 0 Å². The summed E-state index contributed by atoms with van der Waals surface area (Å²) in [6, 6.07) is 3.46. The minimum Gasteiger partial charge on any atom is -0.496 e. The highest BCUT2D eigenvalue weighted by Crippen LogP contribution is 2.29. The molecular formula is C14H23N2O3+. The number of hydrogen-bond acceptors (Lipinski definition) is 3. The van der Waals surface area contributed by atoms with Crippen LogP contribution in [0.4, 0.5) is 0 Å². The van der Waals surface area contributed by atoms with Crippen molar-refractivity contribution in [2.75, 3.05) is 41.4 Å². The van der Waals surface area contributed by atoms with Crippen molar-refractivity contribution in [3.63, 3.8) is 0 Å². The van der Waals surface area contributed by atoms with E-state index in [1.165, 1.54) is 4.90 Å². The third-order valence-corrected chi connectivity index (χ3v) is 2.92. The normalized spacial score (nSPS) is 10.4. The maximum absolute atomic E-state index is 12.0.